The second-order valence-electron chi connectivity index (χ2n) is 5.03. The first-order valence-electron chi connectivity index (χ1n) is 6.41. The summed E-state index contributed by atoms with van der Waals surface area (Å²) in [6.07, 6.45) is 6.30. The van der Waals surface area contributed by atoms with Crippen LogP contribution in [0.2, 0.25) is 0 Å². The lowest BCUT2D eigenvalue weighted by Crippen LogP contribution is -2.34. The molecule has 1 N–H and O–H groups in total. The third-order valence-electron chi connectivity index (χ3n) is 3.41. The van der Waals surface area contributed by atoms with Gasteiger partial charge in [-0.1, -0.05) is 0 Å². The van der Waals surface area contributed by atoms with Crippen LogP contribution >= 0.6 is 0 Å². The minimum absolute atomic E-state index is 0.824. The molecule has 0 bridgehead atoms. The molecular formula is C13H22N4. The van der Waals surface area contributed by atoms with Gasteiger partial charge in [-0.25, -0.2) is 0 Å². The van der Waals surface area contributed by atoms with E-state index in [1.807, 2.05) is 19.3 Å². The number of piperidine rings is 1. The second-order valence-corrected chi connectivity index (χ2v) is 5.03. The van der Waals surface area contributed by atoms with Crippen LogP contribution in [0.15, 0.2) is 12.4 Å². The van der Waals surface area contributed by atoms with Crippen LogP contribution in [-0.4, -0.2) is 41.5 Å². The number of hydrogen-bond donors (Lipinski definition) is 1. The Kier molecular flexibility index (Phi) is 4.45. The third-order valence-corrected chi connectivity index (χ3v) is 3.41. The van der Waals surface area contributed by atoms with Gasteiger partial charge in [0.25, 0.3) is 0 Å². The number of nitrogens with one attached hydrogen (secondary N) is 1. The molecule has 0 atom stereocenters. The van der Waals surface area contributed by atoms with Crippen molar-refractivity contribution in [2.24, 2.45) is 5.92 Å². The van der Waals surface area contributed by atoms with Crippen molar-refractivity contribution in [1.29, 1.82) is 0 Å². The number of nitrogens with zero attached hydrogens (tertiary/aromatic N) is 3. The summed E-state index contributed by atoms with van der Waals surface area (Å²) in [6.45, 7) is 6.36. The van der Waals surface area contributed by atoms with E-state index in [0.29, 0.717) is 0 Å². The zero-order chi connectivity index (χ0) is 12.1. The first-order valence-corrected chi connectivity index (χ1v) is 6.41. The Morgan fingerprint density at radius 1 is 1.29 bits per heavy atom. The molecule has 1 saturated heterocycles. The Morgan fingerprint density at radius 2 is 2.06 bits per heavy atom. The van der Waals surface area contributed by atoms with Gasteiger partial charge >= 0.3 is 0 Å². The molecule has 2 rings (SSSR count). The first kappa shape index (κ1) is 12.5. The van der Waals surface area contributed by atoms with Gasteiger partial charge in [0, 0.05) is 18.9 Å². The Balaban J connectivity index is 1.67. The predicted molar refractivity (Wildman–Crippen MR) is 68.7 cm³/mol. The fourth-order valence-electron chi connectivity index (χ4n) is 2.18. The van der Waals surface area contributed by atoms with Crippen molar-refractivity contribution in [3.8, 4) is 0 Å². The van der Waals surface area contributed by atoms with E-state index >= 15 is 0 Å². The fraction of sp³-hybridized carbons (Fsp3) is 0.692. The highest BCUT2D eigenvalue weighted by Gasteiger charge is 2.15. The summed E-state index contributed by atoms with van der Waals surface area (Å²) in [5.74, 6) is 0.824. The number of aryl methyl sites for hydroxylation is 1. The summed E-state index contributed by atoms with van der Waals surface area (Å²) < 4.78 is 0. The van der Waals surface area contributed by atoms with Gasteiger partial charge in [0.15, 0.2) is 0 Å². The quantitative estimate of drug-likeness (QED) is 0.850. The normalized spacial score (nSPS) is 18.5. The molecule has 0 saturated carbocycles. The molecule has 0 radical (unpaired) electrons. The summed E-state index contributed by atoms with van der Waals surface area (Å²) in [4.78, 5) is 11.0. The molecule has 0 unspecified atom stereocenters. The van der Waals surface area contributed by atoms with Gasteiger partial charge in [-0.3, -0.25) is 9.97 Å². The van der Waals surface area contributed by atoms with Gasteiger partial charge in [-0.15, -0.1) is 0 Å². The van der Waals surface area contributed by atoms with Crippen LogP contribution in [0, 0.1) is 12.8 Å². The summed E-state index contributed by atoms with van der Waals surface area (Å²) in [6, 6.07) is 0. The highest BCUT2D eigenvalue weighted by molar-refractivity contribution is 5.00. The molecule has 0 amide bonds. The van der Waals surface area contributed by atoms with E-state index in [1.54, 1.807) is 0 Å². The van der Waals surface area contributed by atoms with Gasteiger partial charge in [-0.05, 0) is 52.4 Å². The minimum atomic E-state index is 0.824. The molecule has 4 heteroatoms. The van der Waals surface area contributed by atoms with E-state index in [4.69, 9.17) is 0 Å². The third kappa shape index (κ3) is 4.06. The standard InChI is InChI=1S/C13H22N4/c1-11-7-16-13(10-15-11)9-14-8-12-3-5-17(2)6-4-12/h7,10,12,14H,3-6,8-9H2,1-2H3. The molecule has 1 aromatic rings. The van der Waals surface area contributed by atoms with Crippen LogP contribution in [0.5, 0.6) is 0 Å². The van der Waals surface area contributed by atoms with Crippen molar-refractivity contribution in [3.05, 3.63) is 23.8 Å². The molecule has 1 fully saturated rings. The molecule has 0 aliphatic carbocycles. The van der Waals surface area contributed by atoms with Crippen LogP contribution in [0.25, 0.3) is 0 Å². The van der Waals surface area contributed by atoms with E-state index in [1.165, 1.54) is 25.9 Å². The van der Waals surface area contributed by atoms with Crippen molar-refractivity contribution >= 4 is 0 Å². The summed E-state index contributed by atoms with van der Waals surface area (Å²) >= 11 is 0. The highest BCUT2D eigenvalue weighted by atomic mass is 15.1. The van der Waals surface area contributed by atoms with Crippen LogP contribution in [0.1, 0.15) is 24.2 Å². The van der Waals surface area contributed by atoms with Crippen LogP contribution < -0.4 is 5.32 Å². The smallest absolute Gasteiger partial charge is 0.0724 e. The molecule has 1 aromatic heterocycles. The largest absolute Gasteiger partial charge is 0.311 e. The molecule has 17 heavy (non-hydrogen) atoms. The van der Waals surface area contributed by atoms with E-state index < -0.39 is 0 Å². The summed E-state index contributed by atoms with van der Waals surface area (Å²) in [5, 5.41) is 3.48. The van der Waals surface area contributed by atoms with Gasteiger partial charge in [0.05, 0.1) is 11.4 Å². The SMILES string of the molecule is Cc1cnc(CNCC2CCN(C)CC2)cn1. The van der Waals surface area contributed by atoms with Gasteiger partial charge in [-0.2, -0.15) is 0 Å². The average Bonchev–Trinajstić information content (AvgIpc) is 2.34. The minimum Gasteiger partial charge on any atom is -0.311 e. The lowest BCUT2D eigenvalue weighted by Gasteiger charge is -2.28. The molecule has 0 aromatic carbocycles. The number of hydrogen-bond acceptors (Lipinski definition) is 4. The van der Waals surface area contributed by atoms with Gasteiger partial charge in [0.1, 0.15) is 0 Å². The molecule has 2 heterocycles. The highest BCUT2D eigenvalue weighted by Crippen LogP contribution is 2.14. The number of rotatable bonds is 4. The Labute approximate surface area is 103 Å². The molecule has 1 aliphatic heterocycles. The molecular weight excluding hydrogens is 212 g/mol. The maximum Gasteiger partial charge on any atom is 0.0724 e. The van der Waals surface area contributed by atoms with Gasteiger partial charge in [0.2, 0.25) is 0 Å². The first-order chi connectivity index (χ1) is 8.24. The second kappa shape index (κ2) is 6.07. The number of likely N-dealkylation sites (tertiary alicyclic amines) is 1. The van der Waals surface area contributed by atoms with E-state index in [-0.39, 0.29) is 0 Å². The van der Waals surface area contributed by atoms with Crippen molar-refractivity contribution in [2.75, 3.05) is 26.7 Å². The average molecular weight is 234 g/mol. The van der Waals surface area contributed by atoms with Gasteiger partial charge < -0.3 is 10.2 Å². The van der Waals surface area contributed by atoms with Crippen molar-refractivity contribution in [2.45, 2.75) is 26.3 Å². The Morgan fingerprint density at radius 3 is 2.71 bits per heavy atom. The maximum absolute atomic E-state index is 4.34. The van der Waals surface area contributed by atoms with E-state index in [9.17, 15) is 0 Å². The number of aromatic nitrogens is 2. The van der Waals surface area contributed by atoms with E-state index in [2.05, 4.69) is 27.2 Å². The monoisotopic (exact) mass is 234 g/mol. The van der Waals surface area contributed by atoms with Crippen LogP contribution in [0.4, 0.5) is 0 Å². The summed E-state index contributed by atoms with van der Waals surface area (Å²) in [5.41, 5.74) is 2.01. The zero-order valence-corrected chi connectivity index (χ0v) is 10.8. The van der Waals surface area contributed by atoms with Crippen LogP contribution in [-0.2, 0) is 6.54 Å². The molecule has 94 valence electrons. The predicted octanol–water partition coefficient (Wildman–Crippen LogP) is 1.22. The Bertz CT molecular complexity index is 328. The topological polar surface area (TPSA) is 41.1 Å². The lowest BCUT2D eigenvalue weighted by molar-refractivity contribution is 0.216. The van der Waals surface area contributed by atoms with Crippen LogP contribution in [0.3, 0.4) is 0 Å². The molecule has 1 aliphatic rings. The maximum atomic E-state index is 4.34. The Hall–Kier alpha value is -1.00. The van der Waals surface area contributed by atoms with Crippen molar-refractivity contribution < 1.29 is 0 Å². The lowest BCUT2D eigenvalue weighted by atomic mass is 9.97. The summed E-state index contributed by atoms with van der Waals surface area (Å²) in [7, 11) is 2.20. The van der Waals surface area contributed by atoms with Crippen molar-refractivity contribution in [3.63, 3.8) is 0 Å². The van der Waals surface area contributed by atoms with Crippen molar-refractivity contribution in [1.82, 2.24) is 20.2 Å². The van der Waals surface area contributed by atoms with E-state index in [0.717, 1.165) is 30.4 Å². The molecule has 0 spiro atoms. The fourth-order valence-corrected chi connectivity index (χ4v) is 2.18. The zero-order valence-electron chi connectivity index (χ0n) is 10.8. The molecule has 4 nitrogen and oxygen atoms in total.